The minimum atomic E-state index is -0.0531. The quantitative estimate of drug-likeness (QED) is 0.855. The molecule has 2 heterocycles. The zero-order valence-corrected chi connectivity index (χ0v) is 13.2. The first-order valence-electron chi connectivity index (χ1n) is 6.01. The number of rotatable bonds is 4. The number of aryl methyl sites for hydroxylation is 1. The summed E-state index contributed by atoms with van der Waals surface area (Å²) in [5.74, 6) is -0.0282. The molecule has 0 radical (unpaired) electrons. The first kappa shape index (κ1) is 14.2. The highest BCUT2D eigenvalue weighted by Gasteiger charge is 2.14. The molecule has 1 unspecified atom stereocenters. The summed E-state index contributed by atoms with van der Waals surface area (Å²) in [6.07, 6.45) is 2.43. The number of nitrogens with zero attached hydrogens (tertiary/aromatic N) is 1. The summed E-state index contributed by atoms with van der Waals surface area (Å²) >= 11 is 5.02. The van der Waals surface area contributed by atoms with Crippen molar-refractivity contribution < 1.29 is 4.79 Å². The SMILES string of the molecule is Cc1cc(NC(=O)C(C)Cc2cccs2)cnc1Br. The van der Waals surface area contributed by atoms with E-state index in [1.165, 1.54) is 4.88 Å². The van der Waals surface area contributed by atoms with Gasteiger partial charge in [-0.05, 0) is 52.4 Å². The van der Waals surface area contributed by atoms with E-state index in [9.17, 15) is 4.79 Å². The Hall–Kier alpha value is -1.20. The number of nitrogens with one attached hydrogen (secondary N) is 1. The number of carbonyl (C=O) groups excluding carboxylic acids is 1. The highest BCUT2D eigenvalue weighted by molar-refractivity contribution is 9.10. The average Bonchev–Trinajstić information content (AvgIpc) is 2.86. The van der Waals surface area contributed by atoms with Crippen LogP contribution in [0.4, 0.5) is 5.69 Å². The lowest BCUT2D eigenvalue weighted by Gasteiger charge is -2.11. The predicted octanol–water partition coefficient (Wildman–Crippen LogP) is 4.03. The van der Waals surface area contributed by atoms with Crippen LogP contribution in [0.1, 0.15) is 17.4 Å². The Morgan fingerprint density at radius 3 is 3.00 bits per heavy atom. The van der Waals surface area contributed by atoms with Gasteiger partial charge in [-0.3, -0.25) is 4.79 Å². The van der Waals surface area contributed by atoms with Gasteiger partial charge in [-0.25, -0.2) is 4.98 Å². The molecule has 0 saturated heterocycles. The van der Waals surface area contributed by atoms with Crippen LogP contribution in [0.25, 0.3) is 0 Å². The second kappa shape index (κ2) is 6.30. The number of pyridine rings is 1. The molecule has 2 aromatic heterocycles. The van der Waals surface area contributed by atoms with Crippen molar-refractivity contribution >= 4 is 38.9 Å². The molecule has 1 atom stereocenters. The second-order valence-corrected chi connectivity index (χ2v) is 6.29. The molecule has 100 valence electrons. The predicted molar refractivity (Wildman–Crippen MR) is 82.5 cm³/mol. The number of hydrogen-bond donors (Lipinski definition) is 1. The fourth-order valence-corrected chi connectivity index (χ4v) is 2.77. The molecule has 3 nitrogen and oxygen atoms in total. The molecule has 0 aromatic carbocycles. The summed E-state index contributed by atoms with van der Waals surface area (Å²) < 4.78 is 0.803. The van der Waals surface area contributed by atoms with E-state index in [1.54, 1.807) is 17.5 Å². The Morgan fingerprint density at radius 2 is 2.37 bits per heavy atom. The van der Waals surface area contributed by atoms with Crippen LogP contribution < -0.4 is 5.32 Å². The van der Waals surface area contributed by atoms with Gasteiger partial charge in [0.05, 0.1) is 11.9 Å². The molecular weight excluding hydrogens is 324 g/mol. The third-order valence-electron chi connectivity index (χ3n) is 2.82. The van der Waals surface area contributed by atoms with Gasteiger partial charge in [-0.1, -0.05) is 13.0 Å². The highest BCUT2D eigenvalue weighted by Crippen LogP contribution is 2.19. The van der Waals surface area contributed by atoms with Gasteiger partial charge in [-0.2, -0.15) is 0 Å². The maximum atomic E-state index is 12.1. The van der Waals surface area contributed by atoms with Crippen LogP contribution in [0.2, 0.25) is 0 Å². The normalized spacial score (nSPS) is 12.2. The number of aromatic nitrogens is 1. The molecule has 2 rings (SSSR count). The molecule has 0 aliphatic heterocycles. The minimum Gasteiger partial charge on any atom is -0.324 e. The van der Waals surface area contributed by atoms with Crippen LogP contribution in [0.5, 0.6) is 0 Å². The van der Waals surface area contributed by atoms with Gasteiger partial charge < -0.3 is 5.32 Å². The lowest BCUT2D eigenvalue weighted by Crippen LogP contribution is -2.22. The van der Waals surface area contributed by atoms with E-state index in [0.717, 1.165) is 22.3 Å². The Balaban J connectivity index is 1.98. The van der Waals surface area contributed by atoms with Gasteiger partial charge in [0.15, 0.2) is 0 Å². The summed E-state index contributed by atoms with van der Waals surface area (Å²) in [5.41, 5.74) is 1.74. The number of carbonyl (C=O) groups is 1. The fourth-order valence-electron chi connectivity index (χ4n) is 1.72. The van der Waals surface area contributed by atoms with Crippen molar-refractivity contribution in [2.75, 3.05) is 5.32 Å². The standard InChI is InChI=1S/C14H15BrN2OS/c1-9-6-11(8-16-13(9)15)17-14(18)10(2)7-12-4-3-5-19-12/h3-6,8,10H,7H2,1-2H3,(H,17,18). The molecule has 0 bridgehead atoms. The number of thiophene rings is 1. The number of hydrogen-bond acceptors (Lipinski definition) is 3. The largest absolute Gasteiger partial charge is 0.324 e. The Bertz CT molecular complexity index is 569. The molecule has 1 N–H and O–H groups in total. The topological polar surface area (TPSA) is 42.0 Å². The van der Waals surface area contributed by atoms with Crippen molar-refractivity contribution in [2.45, 2.75) is 20.3 Å². The molecule has 0 saturated carbocycles. The number of amides is 1. The van der Waals surface area contributed by atoms with E-state index < -0.39 is 0 Å². The average molecular weight is 339 g/mol. The summed E-state index contributed by atoms with van der Waals surface area (Å²) in [4.78, 5) is 17.5. The van der Waals surface area contributed by atoms with Crippen molar-refractivity contribution in [3.63, 3.8) is 0 Å². The van der Waals surface area contributed by atoms with Crippen molar-refractivity contribution in [1.82, 2.24) is 4.98 Å². The van der Waals surface area contributed by atoms with Crippen molar-refractivity contribution in [1.29, 1.82) is 0 Å². The van der Waals surface area contributed by atoms with Gasteiger partial charge in [0.1, 0.15) is 4.60 Å². The highest BCUT2D eigenvalue weighted by atomic mass is 79.9. The van der Waals surface area contributed by atoms with Crippen LogP contribution in [0, 0.1) is 12.8 Å². The summed E-state index contributed by atoms with van der Waals surface area (Å²) in [5, 5.41) is 4.93. The third-order valence-corrected chi connectivity index (χ3v) is 4.55. The van der Waals surface area contributed by atoms with Gasteiger partial charge in [0.2, 0.25) is 5.91 Å². The Morgan fingerprint density at radius 1 is 1.58 bits per heavy atom. The molecule has 1 amide bonds. The van der Waals surface area contributed by atoms with Crippen LogP contribution in [0.3, 0.4) is 0 Å². The summed E-state index contributed by atoms with van der Waals surface area (Å²) in [7, 11) is 0. The van der Waals surface area contributed by atoms with Crippen molar-refractivity contribution in [3.05, 3.63) is 44.8 Å². The molecule has 19 heavy (non-hydrogen) atoms. The summed E-state index contributed by atoms with van der Waals surface area (Å²) in [6.45, 7) is 3.88. The van der Waals surface area contributed by atoms with Crippen LogP contribution in [-0.4, -0.2) is 10.9 Å². The Labute approximate surface area is 125 Å². The molecule has 2 aromatic rings. The van der Waals surface area contributed by atoms with Crippen LogP contribution in [-0.2, 0) is 11.2 Å². The van der Waals surface area contributed by atoms with E-state index in [0.29, 0.717) is 0 Å². The smallest absolute Gasteiger partial charge is 0.227 e. The maximum absolute atomic E-state index is 12.1. The first-order valence-corrected chi connectivity index (χ1v) is 7.69. The molecular formula is C14H15BrN2OS. The van der Waals surface area contributed by atoms with E-state index in [2.05, 4.69) is 32.3 Å². The number of halogens is 1. The van der Waals surface area contributed by atoms with Gasteiger partial charge >= 0.3 is 0 Å². The lowest BCUT2D eigenvalue weighted by atomic mass is 10.1. The monoisotopic (exact) mass is 338 g/mol. The van der Waals surface area contributed by atoms with E-state index >= 15 is 0 Å². The molecule has 0 fully saturated rings. The maximum Gasteiger partial charge on any atom is 0.227 e. The third kappa shape index (κ3) is 3.88. The van der Waals surface area contributed by atoms with E-state index in [4.69, 9.17) is 0 Å². The molecule has 5 heteroatoms. The zero-order chi connectivity index (χ0) is 13.8. The van der Waals surface area contributed by atoms with E-state index in [1.807, 2.05) is 31.4 Å². The number of anilines is 1. The second-order valence-electron chi connectivity index (χ2n) is 4.51. The fraction of sp³-hybridized carbons (Fsp3) is 0.286. The van der Waals surface area contributed by atoms with Crippen LogP contribution >= 0.6 is 27.3 Å². The van der Waals surface area contributed by atoms with Gasteiger partial charge in [-0.15, -0.1) is 11.3 Å². The Kier molecular flexibility index (Phi) is 4.71. The van der Waals surface area contributed by atoms with Gasteiger partial charge in [0.25, 0.3) is 0 Å². The van der Waals surface area contributed by atoms with Crippen LogP contribution in [0.15, 0.2) is 34.4 Å². The molecule has 0 aliphatic rings. The zero-order valence-electron chi connectivity index (χ0n) is 10.8. The van der Waals surface area contributed by atoms with Crippen molar-refractivity contribution in [3.8, 4) is 0 Å². The molecule has 0 spiro atoms. The lowest BCUT2D eigenvalue weighted by molar-refractivity contribution is -0.119. The molecule has 0 aliphatic carbocycles. The van der Waals surface area contributed by atoms with Crippen molar-refractivity contribution in [2.24, 2.45) is 5.92 Å². The first-order chi connectivity index (χ1) is 9.06. The van der Waals surface area contributed by atoms with E-state index in [-0.39, 0.29) is 11.8 Å². The summed E-state index contributed by atoms with van der Waals surface area (Å²) in [6, 6.07) is 5.97. The minimum absolute atomic E-state index is 0.0249. The van der Waals surface area contributed by atoms with Gasteiger partial charge in [0, 0.05) is 10.8 Å².